The fourth-order valence-electron chi connectivity index (χ4n) is 1.68. The Hall–Kier alpha value is -2.00. The van der Waals surface area contributed by atoms with Crippen LogP contribution in [0.2, 0.25) is 0 Å². The zero-order valence-corrected chi connectivity index (χ0v) is 12.5. The molecule has 2 N–H and O–H groups in total. The van der Waals surface area contributed by atoms with E-state index in [9.17, 15) is 8.42 Å². The van der Waals surface area contributed by atoms with Crippen LogP contribution in [0.4, 0.5) is 5.95 Å². The van der Waals surface area contributed by atoms with Crippen LogP contribution >= 0.6 is 0 Å². The van der Waals surface area contributed by atoms with Crippen LogP contribution in [0.25, 0.3) is 0 Å². The minimum absolute atomic E-state index is 0.0393. The first-order valence-electron chi connectivity index (χ1n) is 6.65. The summed E-state index contributed by atoms with van der Waals surface area (Å²) in [4.78, 5) is 7.75. The Morgan fingerprint density at radius 3 is 2.76 bits per heavy atom. The maximum absolute atomic E-state index is 12.1. The second kappa shape index (κ2) is 7.14. The van der Waals surface area contributed by atoms with Crippen LogP contribution < -0.4 is 10.0 Å². The summed E-state index contributed by atoms with van der Waals surface area (Å²) in [5.74, 6) is 0.0393. The minimum Gasteiger partial charge on any atom is -0.317 e. The second-order valence-corrected chi connectivity index (χ2v) is 6.01. The summed E-state index contributed by atoms with van der Waals surface area (Å²) in [5, 5.41) is 7.25. The average molecular weight is 310 g/mol. The summed E-state index contributed by atoms with van der Waals surface area (Å²) in [5.41, 5.74) is 0. The molecule has 0 spiro atoms. The zero-order valence-electron chi connectivity index (χ0n) is 11.7. The summed E-state index contributed by atoms with van der Waals surface area (Å²) in [6.07, 6.45) is 6.63. The van der Waals surface area contributed by atoms with E-state index in [1.165, 1.54) is 24.8 Å². The summed E-state index contributed by atoms with van der Waals surface area (Å²) in [6.45, 7) is 4.48. The van der Waals surface area contributed by atoms with Crippen molar-refractivity contribution in [3.05, 3.63) is 30.9 Å². The molecule has 0 bridgehead atoms. The van der Waals surface area contributed by atoms with Crippen LogP contribution in [0.5, 0.6) is 0 Å². The Balaban J connectivity index is 1.99. The van der Waals surface area contributed by atoms with Gasteiger partial charge in [-0.3, -0.25) is 4.68 Å². The maximum Gasteiger partial charge on any atom is 0.267 e. The fraction of sp³-hybridized carbons (Fsp3) is 0.417. The molecule has 0 fully saturated rings. The quantitative estimate of drug-likeness (QED) is 0.687. The van der Waals surface area contributed by atoms with Gasteiger partial charge >= 0.3 is 0 Å². The molecule has 0 radical (unpaired) electrons. The van der Waals surface area contributed by atoms with Crippen molar-refractivity contribution in [3.8, 4) is 0 Å². The number of nitrogens with zero attached hydrogens (tertiary/aromatic N) is 4. The highest BCUT2D eigenvalue weighted by Gasteiger charge is 2.17. The lowest BCUT2D eigenvalue weighted by Crippen LogP contribution is -2.16. The Morgan fingerprint density at radius 1 is 1.29 bits per heavy atom. The highest BCUT2D eigenvalue weighted by molar-refractivity contribution is 7.92. The number of aromatic nitrogens is 4. The normalized spacial score (nSPS) is 11.5. The molecular weight excluding hydrogens is 292 g/mol. The predicted molar refractivity (Wildman–Crippen MR) is 78.2 cm³/mol. The number of nitrogens with one attached hydrogen (secondary N) is 2. The molecule has 0 aromatic carbocycles. The van der Waals surface area contributed by atoms with Gasteiger partial charge in [0, 0.05) is 25.1 Å². The molecule has 2 aromatic rings. The number of hydrogen-bond acceptors (Lipinski definition) is 6. The van der Waals surface area contributed by atoms with Crippen LogP contribution in [-0.4, -0.2) is 41.3 Å². The Bertz CT molecular complexity index is 655. The van der Waals surface area contributed by atoms with E-state index in [1.807, 2.05) is 6.92 Å². The van der Waals surface area contributed by atoms with E-state index in [-0.39, 0.29) is 10.8 Å². The average Bonchev–Trinajstić information content (AvgIpc) is 2.94. The zero-order chi connectivity index (χ0) is 15.1. The van der Waals surface area contributed by atoms with E-state index >= 15 is 0 Å². The number of hydrogen-bond donors (Lipinski definition) is 2. The summed E-state index contributed by atoms with van der Waals surface area (Å²) in [7, 11) is -3.70. The van der Waals surface area contributed by atoms with Crippen molar-refractivity contribution < 1.29 is 8.42 Å². The Morgan fingerprint density at radius 2 is 2.05 bits per heavy atom. The van der Waals surface area contributed by atoms with Crippen LogP contribution in [-0.2, 0) is 16.6 Å². The standard InChI is InChI=1S/C12H18N6O2S/c1-2-13-5-4-8-18-10-11(9-16-18)21(19,20)17-12-14-6-3-7-15-12/h3,6-7,9-10,13H,2,4-5,8H2,1H3,(H,14,15,17). The van der Waals surface area contributed by atoms with Crippen molar-refractivity contribution >= 4 is 16.0 Å². The lowest BCUT2D eigenvalue weighted by Gasteiger charge is -2.03. The van der Waals surface area contributed by atoms with Crippen molar-refractivity contribution in [2.24, 2.45) is 0 Å². The third-order valence-electron chi connectivity index (χ3n) is 2.70. The molecule has 2 heterocycles. The maximum atomic E-state index is 12.1. The van der Waals surface area contributed by atoms with Gasteiger partial charge in [0.05, 0.1) is 6.20 Å². The molecule has 0 aliphatic heterocycles. The second-order valence-electron chi connectivity index (χ2n) is 4.32. The monoisotopic (exact) mass is 310 g/mol. The van der Waals surface area contributed by atoms with Gasteiger partial charge in [-0.1, -0.05) is 6.92 Å². The van der Waals surface area contributed by atoms with Gasteiger partial charge in [-0.05, 0) is 25.6 Å². The molecule has 0 aliphatic carbocycles. The minimum atomic E-state index is -3.70. The van der Waals surface area contributed by atoms with Crippen molar-refractivity contribution in [3.63, 3.8) is 0 Å². The first kappa shape index (κ1) is 15.4. The lowest BCUT2D eigenvalue weighted by molar-refractivity contribution is 0.549. The van der Waals surface area contributed by atoms with Gasteiger partial charge in [-0.2, -0.15) is 5.10 Å². The van der Waals surface area contributed by atoms with E-state index in [0.29, 0.717) is 6.54 Å². The van der Waals surface area contributed by atoms with Crippen LogP contribution in [0.15, 0.2) is 35.7 Å². The number of aryl methyl sites for hydroxylation is 1. The first-order valence-corrected chi connectivity index (χ1v) is 8.13. The van der Waals surface area contributed by atoms with E-state index in [0.717, 1.165) is 19.5 Å². The van der Waals surface area contributed by atoms with E-state index in [2.05, 4.69) is 25.1 Å². The van der Waals surface area contributed by atoms with Gasteiger partial charge in [0.1, 0.15) is 4.90 Å². The van der Waals surface area contributed by atoms with Crippen LogP contribution in [0.1, 0.15) is 13.3 Å². The molecular formula is C12H18N6O2S. The number of rotatable bonds is 8. The molecule has 2 rings (SSSR count). The lowest BCUT2D eigenvalue weighted by atomic mass is 10.4. The van der Waals surface area contributed by atoms with Crippen molar-refractivity contribution in [1.82, 2.24) is 25.1 Å². The molecule has 0 amide bonds. The molecule has 21 heavy (non-hydrogen) atoms. The summed E-state index contributed by atoms with van der Waals surface area (Å²) < 4.78 is 28.2. The van der Waals surface area contributed by atoms with E-state index in [4.69, 9.17) is 0 Å². The van der Waals surface area contributed by atoms with Gasteiger partial charge in [0.15, 0.2) is 0 Å². The molecule has 0 saturated carbocycles. The van der Waals surface area contributed by atoms with Crippen molar-refractivity contribution in [2.45, 2.75) is 24.8 Å². The topological polar surface area (TPSA) is 102 Å². The third-order valence-corrected chi connectivity index (χ3v) is 3.98. The summed E-state index contributed by atoms with van der Waals surface area (Å²) >= 11 is 0. The van der Waals surface area contributed by atoms with E-state index in [1.54, 1.807) is 10.7 Å². The molecule has 0 atom stereocenters. The van der Waals surface area contributed by atoms with Gasteiger partial charge in [-0.15, -0.1) is 0 Å². The third kappa shape index (κ3) is 4.50. The van der Waals surface area contributed by atoms with Gasteiger partial charge in [-0.25, -0.2) is 23.1 Å². The number of anilines is 1. The highest BCUT2D eigenvalue weighted by atomic mass is 32.2. The highest BCUT2D eigenvalue weighted by Crippen LogP contribution is 2.11. The SMILES string of the molecule is CCNCCCn1cc(S(=O)(=O)Nc2ncccn2)cn1. The molecule has 9 heteroatoms. The Kier molecular flexibility index (Phi) is 5.23. The molecule has 0 saturated heterocycles. The molecule has 0 unspecified atom stereocenters. The largest absolute Gasteiger partial charge is 0.317 e. The number of sulfonamides is 1. The first-order chi connectivity index (χ1) is 10.1. The van der Waals surface area contributed by atoms with Crippen LogP contribution in [0.3, 0.4) is 0 Å². The molecule has 2 aromatic heterocycles. The fourth-order valence-corrected chi connectivity index (χ4v) is 2.59. The van der Waals surface area contributed by atoms with Gasteiger partial charge < -0.3 is 5.32 Å². The summed E-state index contributed by atoms with van der Waals surface area (Å²) in [6, 6.07) is 1.61. The van der Waals surface area contributed by atoms with Crippen molar-refractivity contribution in [1.29, 1.82) is 0 Å². The van der Waals surface area contributed by atoms with Gasteiger partial charge in [0.2, 0.25) is 5.95 Å². The Labute approximate surface area is 123 Å². The van der Waals surface area contributed by atoms with E-state index < -0.39 is 10.0 Å². The predicted octanol–water partition coefficient (Wildman–Crippen LogP) is 0.473. The molecule has 0 aliphatic rings. The van der Waals surface area contributed by atoms with Crippen molar-refractivity contribution in [2.75, 3.05) is 17.8 Å². The van der Waals surface area contributed by atoms with Gasteiger partial charge in [0.25, 0.3) is 10.0 Å². The molecule has 114 valence electrons. The van der Waals surface area contributed by atoms with Crippen LogP contribution in [0, 0.1) is 0 Å². The molecule has 8 nitrogen and oxygen atoms in total. The smallest absolute Gasteiger partial charge is 0.267 e.